The molecule has 1 heterocycles. The van der Waals surface area contributed by atoms with Crippen molar-refractivity contribution in [3.63, 3.8) is 0 Å². The van der Waals surface area contributed by atoms with Crippen molar-refractivity contribution in [1.82, 2.24) is 5.32 Å². The van der Waals surface area contributed by atoms with Gasteiger partial charge in [0.2, 0.25) is 0 Å². The van der Waals surface area contributed by atoms with Gasteiger partial charge in [-0.25, -0.2) is 0 Å². The third-order valence-electron chi connectivity index (χ3n) is 3.52. The van der Waals surface area contributed by atoms with Crippen molar-refractivity contribution >= 4 is 15.9 Å². The molecule has 1 fully saturated rings. The lowest BCUT2D eigenvalue weighted by molar-refractivity contribution is -0.0159. The zero-order valence-electron chi connectivity index (χ0n) is 11.4. The van der Waals surface area contributed by atoms with Crippen molar-refractivity contribution in [2.24, 2.45) is 0 Å². The topological polar surface area (TPSA) is 39.7 Å². The minimum absolute atomic E-state index is 0.175. The summed E-state index contributed by atoms with van der Waals surface area (Å²) in [5, 5.41) is 3.44. The van der Waals surface area contributed by atoms with E-state index in [0.717, 1.165) is 36.3 Å². The summed E-state index contributed by atoms with van der Waals surface area (Å²) in [5.41, 5.74) is 0.996. The number of halogens is 1. The van der Waals surface area contributed by atoms with Crippen molar-refractivity contribution in [2.75, 3.05) is 34.0 Å². The van der Waals surface area contributed by atoms with Gasteiger partial charge in [0, 0.05) is 37.7 Å². The second-order valence-electron chi connectivity index (χ2n) is 4.75. The van der Waals surface area contributed by atoms with Gasteiger partial charge in [-0.3, -0.25) is 0 Å². The number of ether oxygens (including phenoxy) is 3. The fourth-order valence-electron chi connectivity index (χ4n) is 2.20. The van der Waals surface area contributed by atoms with Crippen LogP contribution in [0.4, 0.5) is 0 Å². The molecule has 1 aromatic carbocycles. The van der Waals surface area contributed by atoms with E-state index in [2.05, 4.69) is 21.2 Å². The molecule has 2 rings (SSSR count). The highest BCUT2D eigenvalue weighted by Crippen LogP contribution is 2.24. The van der Waals surface area contributed by atoms with Crippen LogP contribution in [-0.4, -0.2) is 39.6 Å². The summed E-state index contributed by atoms with van der Waals surface area (Å²) in [6.45, 7) is 2.99. The van der Waals surface area contributed by atoms with Crippen LogP contribution in [0, 0.1) is 0 Å². The standard InChI is InChI=1S/C14H20BrNO3/c1-17-12-3-4-13(15)11(7-12)8-16-9-14(18-2)5-6-19-10-14/h3-4,7,16H,5-6,8-10H2,1-2H3. The first-order valence-corrected chi connectivity index (χ1v) is 7.14. The molecule has 1 saturated heterocycles. The van der Waals surface area contributed by atoms with Crippen LogP contribution >= 0.6 is 15.9 Å². The van der Waals surface area contributed by atoms with Crippen molar-refractivity contribution in [1.29, 1.82) is 0 Å². The molecule has 1 unspecified atom stereocenters. The number of hydrogen-bond acceptors (Lipinski definition) is 4. The van der Waals surface area contributed by atoms with E-state index < -0.39 is 0 Å². The summed E-state index contributed by atoms with van der Waals surface area (Å²) in [5.74, 6) is 0.866. The third kappa shape index (κ3) is 3.69. The van der Waals surface area contributed by atoms with Crippen molar-refractivity contribution in [3.8, 4) is 5.75 Å². The van der Waals surface area contributed by atoms with E-state index in [9.17, 15) is 0 Å². The van der Waals surface area contributed by atoms with Crippen LogP contribution in [0.15, 0.2) is 22.7 Å². The van der Waals surface area contributed by atoms with Gasteiger partial charge in [0.15, 0.2) is 0 Å². The van der Waals surface area contributed by atoms with E-state index >= 15 is 0 Å². The highest BCUT2D eigenvalue weighted by molar-refractivity contribution is 9.10. The molecule has 1 atom stereocenters. The summed E-state index contributed by atoms with van der Waals surface area (Å²) in [6, 6.07) is 5.97. The third-order valence-corrected chi connectivity index (χ3v) is 4.29. The number of benzene rings is 1. The van der Waals surface area contributed by atoms with Gasteiger partial charge in [-0.15, -0.1) is 0 Å². The average molecular weight is 330 g/mol. The second kappa shape index (κ2) is 6.70. The van der Waals surface area contributed by atoms with Gasteiger partial charge in [-0.2, -0.15) is 0 Å². The SMILES string of the molecule is COc1ccc(Br)c(CNCC2(OC)CCOC2)c1. The molecular weight excluding hydrogens is 310 g/mol. The Balaban J connectivity index is 1.91. The van der Waals surface area contributed by atoms with E-state index in [-0.39, 0.29) is 5.60 Å². The normalized spacial score (nSPS) is 22.7. The smallest absolute Gasteiger partial charge is 0.119 e. The number of methoxy groups -OCH3 is 2. The molecule has 0 aromatic heterocycles. The highest BCUT2D eigenvalue weighted by Gasteiger charge is 2.34. The molecule has 1 aromatic rings. The van der Waals surface area contributed by atoms with Gasteiger partial charge >= 0.3 is 0 Å². The van der Waals surface area contributed by atoms with E-state index in [0.29, 0.717) is 6.61 Å². The summed E-state index contributed by atoms with van der Waals surface area (Å²) in [7, 11) is 3.42. The van der Waals surface area contributed by atoms with E-state index in [4.69, 9.17) is 14.2 Å². The van der Waals surface area contributed by atoms with Crippen LogP contribution in [0.2, 0.25) is 0 Å². The minimum atomic E-state index is -0.175. The Labute approximate surface area is 122 Å². The lowest BCUT2D eigenvalue weighted by atomic mass is 10.0. The van der Waals surface area contributed by atoms with Crippen molar-refractivity contribution < 1.29 is 14.2 Å². The molecular formula is C14H20BrNO3. The van der Waals surface area contributed by atoms with E-state index in [1.54, 1.807) is 14.2 Å². The molecule has 0 bridgehead atoms. The van der Waals surface area contributed by atoms with Crippen LogP contribution in [0.1, 0.15) is 12.0 Å². The first-order valence-electron chi connectivity index (χ1n) is 6.35. The first kappa shape index (κ1) is 14.8. The molecule has 5 heteroatoms. The molecule has 0 saturated carbocycles. The number of hydrogen-bond donors (Lipinski definition) is 1. The largest absolute Gasteiger partial charge is 0.497 e. The Hall–Kier alpha value is -0.620. The van der Waals surface area contributed by atoms with Gasteiger partial charge in [-0.1, -0.05) is 15.9 Å². The molecule has 106 valence electrons. The Bertz CT molecular complexity index is 419. The molecule has 1 N–H and O–H groups in total. The van der Waals surface area contributed by atoms with Crippen LogP contribution in [0.3, 0.4) is 0 Å². The first-order chi connectivity index (χ1) is 9.19. The van der Waals surface area contributed by atoms with Crippen LogP contribution in [-0.2, 0) is 16.0 Å². The molecule has 0 amide bonds. The molecule has 0 spiro atoms. The molecule has 19 heavy (non-hydrogen) atoms. The minimum Gasteiger partial charge on any atom is -0.497 e. The summed E-state index contributed by atoms with van der Waals surface area (Å²) >= 11 is 3.55. The summed E-state index contributed by atoms with van der Waals surface area (Å²) in [6.07, 6.45) is 0.940. The highest BCUT2D eigenvalue weighted by atomic mass is 79.9. The summed E-state index contributed by atoms with van der Waals surface area (Å²) < 4.78 is 17.3. The van der Waals surface area contributed by atoms with E-state index in [1.807, 2.05) is 18.2 Å². The fourth-order valence-corrected chi connectivity index (χ4v) is 2.59. The Morgan fingerprint density at radius 3 is 2.89 bits per heavy atom. The predicted octanol–water partition coefficient (Wildman–Crippen LogP) is 2.35. The lowest BCUT2D eigenvalue weighted by Crippen LogP contribution is -2.42. The zero-order valence-corrected chi connectivity index (χ0v) is 13.0. The van der Waals surface area contributed by atoms with Gasteiger partial charge in [-0.05, 0) is 23.8 Å². The number of rotatable bonds is 6. The van der Waals surface area contributed by atoms with Gasteiger partial charge in [0.25, 0.3) is 0 Å². The zero-order chi connectivity index (χ0) is 13.7. The average Bonchev–Trinajstić information content (AvgIpc) is 2.90. The van der Waals surface area contributed by atoms with Crippen LogP contribution in [0.25, 0.3) is 0 Å². The van der Waals surface area contributed by atoms with Crippen LogP contribution < -0.4 is 10.1 Å². The fraction of sp³-hybridized carbons (Fsp3) is 0.571. The van der Waals surface area contributed by atoms with Gasteiger partial charge in [0.1, 0.15) is 11.4 Å². The van der Waals surface area contributed by atoms with Crippen molar-refractivity contribution in [2.45, 2.75) is 18.6 Å². The maximum absolute atomic E-state index is 5.59. The Morgan fingerprint density at radius 1 is 1.42 bits per heavy atom. The maximum Gasteiger partial charge on any atom is 0.119 e. The number of nitrogens with one attached hydrogen (secondary N) is 1. The molecule has 0 aliphatic carbocycles. The van der Waals surface area contributed by atoms with Gasteiger partial charge < -0.3 is 19.5 Å². The Morgan fingerprint density at radius 2 is 2.26 bits per heavy atom. The lowest BCUT2D eigenvalue weighted by Gasteiger charge is -2.26. The maximum atomic E-state index is 5.59. The Kier molecular flexibility index (Phi) is 5.21. The van der Waals surface area contributed by atoms with Crippen LogP contribution in [0.5, 0.6) is 5.75 Å². The molecule has 1 aliphatic heterocycles. The molecule has 4 nitrogen and oxygen atoms in total. The summed E-state index contributed by atoms with van der Waals surface area (Å²) in [4.78, 5) is 0. The van der Waals surface area contributed by atoms with E-state index in [1.165, 1.54) is 5.56 Å². The van der Waals surface area contributed by atoms with Crippen molar-refractivity contribution in [3.05, 3.63) is 28.2 Å². The monoisotopic (exact) mass is 329 g/mol. The quantitative estimate of drug-likeness (QED) is 0.869. The molecule has 1 aliphatic rings. The predicted molar refractivity (Wildman–Crippen MR) is 77.6 cm³/mol. The molecule has 0 radical (unpaired) electrons. The van der Waals surface area contributed by atoms with Gasteiger partial charge in [0.05, 0.1) is 13.7 Å². The second-order valence-corrected chi connectivity index (χ2v) is 5.60.